The molecular formula is C15H21Cl2N3O2. The van der Waals surface area contributed by atoms with Gasteiger partial charge in [0.2, 0.25) is 5.91 Å². The second-order valence-corrected chi connectivity index (χ2v) is 5.72. The summed E-state index contributed by atoms with van der Waals surface area (Å²) in [5.41, 5.74) is 4.19. The van der Waals surface area contributed by atoms with Crippen LogP contribution in [0.2, 0.25) is 10.0 Å². The molecule has 2 N–H and O–H groups in total. The van der Waals surface area contributed by atoms with Crippen molar-refractivity contribution in [1.82, 2.24) is 15.7 Å². The van der Waals surface area contributed by atoms with E-state index in [4.69, 9.17) is 28.0 Å². The largest absolute Gasteiger partial charge is 0.355 e. The molecule has 0 saturated heterocycles. The van der Waals surface area contributed by atoms with Crippen LogP contribution < -0.4 is 10.8 Å². The molecule has 0 atom stereocenters. The molecule has 0 aliphatic rings. The molecule has 1 amide bonds. The number of likely N-dealkylation sites (N-methyl/N-ethyl adjacent to an activating group) is 1. The maximum absolute atomic E-state index is 11.8. The topological polar surface area (TPSA) is 53.6 Å². The first-order valence-electron chi connectivity index (χ1n) is 6.80. The molecule has 0 heterocycles. The van der Waals surface area contributed by atoms with E-state index in [0.717, 1.165) is 12.1 Å². The van der Waals surface area contributed by atoms with Gasteiger partial charge in [0.1, 0.15) is 0 Å². The molecule has 122 valence electrons. The van der Waals surface area contributed by atoms with Gasteiger partial charge in [-0.2, -0.15) is 0 Å². The van der Waals surface area contributed by atoms with E-state index in [1.807, 2.05) is 19.0 Å². The first-order chi connectivity index (χ1) is 10.4. The first-order valence-corrected chi connectivity index (χ1v) is 7.55. The third kappa shape index (κ3) is 6.66. The van der Waals surface area contributed by atoms with Crippen molar-refractivity contribution in [3.8, 4) is 0 Å². The lowest BCUT2D eigenvalue weighted by Gasteiger charge is -2.11. The van der Waals surface area contributed by atoms with Crippen molar-refractivity contribution in [2.75, 3.05) is 34.3 Å². The van der Waals surface area contributed by atoms with Gasteiger partial charge in [0.05, 0.1) is 22.9 Å². The Morgan fingerprint density at radius 3 is 2.64 bits per heavy atom. The predicted molar refractivity (Wildman–Crippen MR) is 90.8 cm³/mol. The summed E-state index contributed by atoms with van der Waals surface area (Å²) in [6, 6.07) is 5.21. The Morgan fingerprint density at radius 2 is 2.05 bits per heavy atom. The van der Waals surface area contributed by atoms with Gasteiger partial charge in [-0.25, -0.2) is 0 Å². The Morgan fingerprint density at radius 1 is 1.32 bits per heavy atom. The van der Waals surface area contributed by atoms with Gasteiger partial charge < -0.3 is 10.2 Å². The van der Waals surface area contributed by atoms with E-state index in [9.17, 15) is 4.79 Å². The molecule has 0 bridgehead atoms. The number of carbonyl (C=O) groups excluding carboxylic acids is 1. The Labute approximate surface area is 141 Å². The second-order valence-electron chi connectivity index (χ2n) is 4.91. The van der Waals surface area contributed by atoms with E-state index < -0.39 is 0 Å². The number of benzene rings is 1. The van der Waals surface area contributed by atoms with Crippen molar-refractivity contribution >= 4 is 34.8 Å². The Kier molecular flexibility index (Phi) is 8.27. The maximum atomic E-state index is 11.8. The molecule has 7 heteroatoms. The van der Waals surface area contributed by atoms with Crippen molar-refractivity contribution < 1.29 is 9.63 Å². The molecule has 0 aliphatic heterocycles. The van der Waals surface area contributed by atoms with Crippen LogP contribution in [0.1, 0.15) is 12.0 Å². The van der Waals surface area contributed by atoms with Gasteiger partial charge in [0.25, 0.3) is 0 Å². The summed E-state index contributed by atoms with van der Waals surface area (Å²) in [6.07, 6.45) is 1.98. The number of halogens is 2. The Balaban J connectivity index is 2.69. The Bertz CT molecular complexity index is 534. The molecule has 0 aliphatic carbocycles. The molecule has 1 aromatic carbocycles. The molecule has 0 saturated carbocycles. The summed E-state index contributed by atoms with van der Waals surface area (Å²) in [7, 11) is 5.41. The number of nitrogens with one attached hydrogen (secondary N) is 2. The van der Waals surface area contributed by atoms with Crippen LogP contribution in [0.5, 0.6) is 0 Å². The van der Waals surface area contributed by atoms with Crippen LogP contribution in [0.4, 0.5) is 0 Å². The summed E-state index contributed by atoms with van der Waals surface area (Å²) in [4.78, 5) is 18.7. The van der Waals surface area contributed by atoms with E-state index in [1.54, 1.807) is 24.3 Å². The number of carbonyl (C=O) groups is 1. The van der Waals surface area contributed by atoms with Crippen molar-refractivity contribution in [2.45, 2.75) is 6.42 Å². The van der Waals surface area contributed by atoms with Crippen LogP contribution in [0.15, 0.2) is 24.3 Å². The quantitative estimate of drug-likeness (QED) is 0.711. The zero-order valence-electron chi connectivity index (χ0n) is 13.0. The highest BCUT2D eigenvalue weighted by Gasteiger charge is 2.06. The minimum Gasteiger partial charge on any atom is -0.355 e. The van der Waals surface area contributed by atoms with E-state index in [2.05, 4.69) is 10.8 Å². The van der Waals surface area contributed by atoms with E-state index in [-0.39, 0.29) is 12.3 Å². The smallest absolute Gasteiger partial charge is 0.223 e. The van der Waals surface area contributed by atoms with Crippen LogP contribution in [-0.2, 0) is 9.63 Å². The Hall–Kier alpha value is -1.27. The standard InChI is InChI=1S/C15H21Cl2N3O2/c1-20(2)9-8-18-15(21)7-6-14(19-22-3)11-4-5-12(16)13(17)10-11/h4-6,10,19H,7-9H2,1-3H3,(H,18,21). The van der Waals surface area contributed by atoms with Gasteiger partial charge in [0, 0.05) is 25.1 Å². The third-order valence-electron chi connectivity index (χ3n) is 2.82. The summed E-state index contributed by atoms with van der Waals surface area (Å²) in [5, 5.41) is 3.76. The molecule has 1 rings (SSSR count). The highest BCUT2D eigenvalue weighted by molar-refractivity contribution is 6.42. The van der Waals surface area contributed by atoms with Crippen LogP contribution in [0.3, 0.4) is 0 Å². The van der Waals surface area contributed by atoms with E-state index >= 15 is 0 Å². The fourth-order valence-electron chi connectivity index (χ4n) is 1.68. The van der Waals surface area contributed by atoms with Gasteiger partial charge in [-0.1, -0.05) is 29.3 Å². The SMILES string of the molecule is CONC(=CCC(=O)NCCN(C)C)c1ccc(Cl)c(Cl)c1. The van der Waals surface area contributed by atoms with Crippen molar-refractivity contribution in [2.24, 2.45) is 0 Å². The average Bonchev–Trinajstić information content (AvgIpc) is 2.46. The first kappa shape index (κ1) is 18.8. The molecule has 22 heavy (non-hydrogen) atoms. The summed E-state index contributed by atoms with van der Waals surface area (Å²) in [5.74, 6) is -0.0580. The zero-order chi connectivity index (χ0) is 16.5. The number of rotatable bonds is 8. The van der Waals surface area contributed by atoms with Crippen LogP contribution >= 0.6 is 23.2 Å². The number of amides is 1. The van der Waals surface area contributed by atoms with E-state index in [1.165, 1.54) is 7.11 Å². The lowest BCUT2D eigenvalue weighted by atomic mass is 10.1. The van der Waals surface area contributed by atoms with Crippen LogP contribution in [0.25, 0.3) is 5.70 Å². The number of hydrogen-bond donors (Lipinski definition) is 2. The zero-order valence-corrected chi connectivity index (χ0v) is 14.5. The van der Waals surface area contributed by atoms with E-state index in [0.29, 0.717) is 22.3 Å². The molecular weight excluding hydrogens is 325 g/mol. The van der Waals surface area contributed by atoms with Crippen LogP contribution in [0, 0.1) is 0 Å². The van der Waals surface area contributed by atoms with Gasteiger partial charge in [-0.05, 0) is 32.3 Å². The fraction of sp³-hybridized carbons (Fsp3) is 0.400. The highest BCUT2D eigenvalue weighted by Crippen LogP contribution is 2.25. The van der Waals surface area contributed by atoms with Crippen molar-refractivity contribution in [1.29, 1.82) is 0 Å². The molecule has 5 nitrogen and oxygen atoms in total. The number of hydroxylamine groups is 1. The number of nitrogens with zero attached hydrogens (tertiary/aromatic N) is 1. The third-order valence-corrected chi connectivity index (χ3v) is 3.55. The normalized spacial score (nSPS) is 11.6. The molecule has 0 aromatic heterocycles. The van der Waals surface area contributed by atoms with Gasteiger partial charge in [0.15, 0.2) is 0 Å². The minimum atomic E-state index is -0.0580. The lowest BCUT2D eigenvalue weighted by Crippen LogP contribution is -2.31. The molecule has 0 fully saturated rings. The molecule has 0 radical (unpaired) electrons. The van der Waals surface area contributed by atoms with Gasteiger partial charge in [-0.15, -0.1) is 0 Å². The highest BCUT2D eigenvalue weighted by atomic mass is 35.5. The predicted octanol–water partition coefficient (Wildman–Crippen LogP) is 2.55. The average molecular weight is 346 g/mol. The summed E-state index contributed by atoms with van der Waals surface area (Å²) >= 11 is 11.9. The summed E-state index contributed by atoms with van der Waals surface area (Å²) < 4.78 is 0. The minimum absolute atomic E-state index is 0.0580. The number of hydrogen-bond acceptors (Lipinski definition) is 4. The second kappa shape index (κ2) is 9.69. The monoisotopic (exact) mass is 345 g/mol. The summed E-state index contributed by atoms with van der Waals surface area (Å²) in [6.45, 7) is 1.41. The fourth-order valence-corrected chi connectivity index (χ4v) is 1.98. The molecule has 1 aromatic rings. The molecule has 0 spiro atoms. The lowest BCUT2D eigenvalue weighted by molar-refractivity contribution is -0.120. The van der Waals surface area contributed by atoms with Crippen molar-refractivity contribution in [3.63, 3.8) is 0 Å². The maximum Gasteiger partial charge on any atom is 0.223 e. The van der Waals surface area contributed by atoms with Crippen molar-refractivity contribution in [3.05, 3.63) is 39.9 Å². The van der Waals surface area contributed by atoms with Crippen LogP contribution in [-0.4, -0.2) is 45.1 Å². The molecule has 0 unspecified atom stereocenters. The van der Waals surface area contributed by atoms with Gasteiger partial charge in [-0.3, -0.25) is 15.1 Å². The van der Waals surface area contributed by atoms with Gasteiger partial charge >= 0.3 is 0 Å².